The summed E-state index contributed by atoms with van der Waals surface area (Å²) in [7, 11) is 0. The third-order valence-corrected chi connectivity index (χ3v) is 10.3. The average Bonchev–Trinajstić information content (AvgIpc) is 3.80. The molecular weight excluding hydrogens is 550 g/mol. The molecule has 0 saturated carbocycles. The van der Waals surface area contributed by atoms with Crippen LogP contribution in [0.3, 0.4) is 0 Å². The van der Waals surface area contributed by atoms with Crippen LogP contribution in [-0.4, -0.2) is 34.5 Å². The molecule has 0 spiro atoms. The van der Waals surface area contributed by atoms with Crippen LogP contribution in [0.25, 0.3) is 44.3 Å². The summed E-state index contributed by atoms with van der Waals surface area (Å²) < 4.78 is 6.44. The molecule has 1 saturated heterocycles. The predicted molar refractivity (Wildman–Crippen MR) is 174 cm³/mol. The van der Waals surface area contributed by atoms with Gasteiger partial charge in [0.25, 0.3) is 0 Å². The summed E-state index contributed by atoms with van der Waals surface area (Å²) in [5.74, 6) is 0.861. The summed E-state index contributed by atoms with van der Waals surface area (Å²) in [6.07, 6.45) is 4.45. The van der Waals surface area contributed by atoms with Crippen LogP contribution in [0.4, 0.5) is 0 Å². The molecule has 5 aromatic rings. The van der Waals surface area contributed by atoms with Crippen molar-refractivity contribution in [1.82, 2.24) is 20.2 Å². The number of benzene rings is 3. The van der Waals surface area contributed by atoms with Crippen LogP contribution in [-0.2, 0) is 19.5 Å². The third-order valence-electron chi connectivity index (χ3n) is 9.17. The van der Waals surface area contributed by atoms with Gasteiger partial charge < -0.3 is 9.73 Å². The van der Waals surface area contributed by atoms with Gasteiger partial charge in [-0.25, -0.2) is 9.97 Å². The Bertz CT molecular complexity index is 1830. The lowest BCUT2D eigenvalue weighted by Gasteiger charge is -2.20. The fourth-order valence-corrected chi connectivity index (χ4v) is 7.86. The fraction of sp³-hybridized carbons (Fsp3) is 0.361. The van der Waals surface area contributed by atoms with Gasteiger partial charge in [0, 0.05) is 42.1 Å². The van der Waals surface area contributed by atoms with Crippen molar-refractivity contribution >= 4 is 22.4 Å². The van der Waals surface area contributed by atoms with Crippen LogP contribution in [0.5, 0.6) is 0 Å². The lowest BCUT2D eigenvalue weighted by Crippen LogP contribution is -2.22. The first-order valence-electron chi connectivity index (χ1n) is 15.5. The summed E-state index contributed by atoms with van der Waals surface area (Å²) >= 11 is 1.81. The summed E-state index contributed by atoms with van der Waals surface area (Å²) in [6.45, 7) is 11.7. The molecule has 1 unspecified atom stereocenters. The number of thiazole rings is 1. The van der Waals surface area contributed by atoms with Crippen molar-refractivity contribution in [1.29, 1.82) is 5.26 Å². The van der Waals surface area contributed by atoms with E-state index in [2.05, 4.69) is 79.5 Å². The number of nitrogens with zero attached hydrogens (tertiary/aromatic N) is 4. The Morgan fingerprint density at radius 3 is 2.58 bits per heavy atom. The molecule has 0 amide bonds. The van der Waals surface area contributed by atoms with E-state index in [0.29, 0.717) is 17.0 Å². The molecule has 43 heavy (non-hydrogen) atoms. The Kier molecular flexibility index (Phi) is 7.60. The highest BCUT2D eigenvalue weighted by molar-refractivity contribution is 7.15. The van der Waals surface area contributed by atoms with Gasteiger partial charge in [0.15, 0.2) is 5.58 Å². The van der Waals surface area contributed by atoms with Gasteiger partial charge in [0.05, 0.1) is 11.3 Å². The zero-order valence-electron chi connectivity index (χ0n) is 25.2. The number of fused-ring (bicyclic) bond motifs is 2. The van der Waals surface area contributed by atoms with Crippen LogP contribution >= 0.6 is 11.3 Å². The fourth-order valence-electron chi connectivity index (χ4n) is 6.70. The summed E-state index contributed by atoms with van der Waals surface area (Å²) in [5, 5.41) is 14.6. The van der Waals surface area contributed by atoms with Crippen molar-refractivity contribution in [3.63, 3.8) is 0 Å². The molecule has 6 nitrogen and oxygen atoms in total. The zero-order valence-corrected chi connectivity index (χ0v) is 26.0. The topological polar surface area (TPSA) is 78.0 Å². The molecule has 7 rings (SSSR count). The van der Waals surface area contributed by atoms with Gasteiger partial charge in [0.2, 0.25) is 5.89 Å². The molecule has 1 atom stereocenters. The molecule has 1 fully saturated rings. The molecule has 0 bridgehead atoms. The summed E-state index contributed by atoms with van der Waals surface area (Å²) in [5.41, 5.74) is 11.3. The number of hydrogen-bond donors (Lipinski definition) is 1. The van der Waals surface area contributed by atoms with Crippen LogP contribution in [0.2, 0.25) is 0 Å². The largest absolute Gasteiger partial charge is 0.435 e. The van der Waals surface area contributed by atoms with Crippen LogP contribution in [0, 0.1) is 18.3 Å². The lowest BCUT2D eigenvalue weighted by molar-refractivity contribution is 0.331. The Balaban J connectivity index is 1.33. The second-order valence-corrected chi connectivity index (χ2v) is 13.1. The smallest absolute Gasteiger partial charge is 0.227 e. The molecule has 2 aliphatic rings. The Labute approximate surface area is 257 Å². The maximum Gasteiger partial charge on any atom is 0.227 e. The van der Waals surface area contributed by atoms with Gasteiger partial charge in [-0.2, -0.15) is 5.26 Å². The maximum atomic E-state index is 10.0. The standard InChI is InChI=1S/C36H37N5OS/c1-4-22(2)33-28(26-9-7-10-27(23(26)3)36-40-30-13-14-38-20-32(30)43-36)11-8-12-29(33)35-39-31-18-24(21-41-15-5-6-16-41)17-25(19-37)34(31)42-35/h7-12,17-18,22,38H,4-6,13-16,20-21H2,1-3H3. The Hall–Kier alpha value is -3.83. The van der Waals surface area contributed by atoms with Crippen LogP contribution in [0.1, 0.15) is 71.9 Å². The minimum atomic E-state index is 0.281. The van der Waals surface area contributed by atoms with Crippen molar-refractivity contribution in [2.75, 3.05) is 19.6 Å². The highest BCUT2D eigenvalue weighted by atomic mass is 32.1. The highest BCUT2D eigenvalue weighted by Gasteiger charge is 2.24. The van der Waals surface area contributed by atoms with Crippen molar-refractivity contribution in [2.24, 2.45) is 0 Å². The van der Waals surface area contributed by atoms with Crippen LogP contribution in [0.15, 0.2) is 52.9 Å². The number of aromatic nitrogens is 2. The molecule has 0 aliphatic carbocycles. The predicted octanol–water partition coefficient (Wildman–Crippen LogP) is 8.22. The number of nitrogens with one attached hydrogen (secondary N) is 1. The Morgan fingerprint density at radius 2 is 1.81 bits per heavy atom. The number of nitriles is 1. The molecule has 2 aliphatic heterocycles. The van der Waals surface area contributed by atoms with Gasteiger partial charge >= 0.3 is 0 Å². The van der Waals surface area contributed by atoms with E-state index < -0.39 is 0 Å². The van der Waals surface area contributed by atoms with E-state index >= 15 is 0 Å². The van der Waals surface area contributed by atoms with E-state index in [-0.39, 0.29) is 5.92 Å². The minimum absolute atomic E-state index is 0.281. The van der Waals surface area contributed by atoms with E-state index in [9.17, 15) is 5.26 Å². The monoisotopic (exact) mass is 587 g/mol. The molecule has 2 aromatic heterocycles. The Morgan fingerprint density at radius 1 is 1.05 bits per heavy atom. The first-order valence-corrected chi connectivity index (χ1v) is 16.3. The molecule has 218 valence electrons. The zero-order chi connectivity index (χ0) is 29.5. The molecule has 3 aromatic carbocycles. The molecule has 7 heteroatoms. The second kappa shape index (κ2) is 11.7. The van der Waals surface area contributed by atoms with E-state index in [0.717, 1.165) is 67.2 Å². The van der Waals surface area contributed by atoms with Crippen molar-refractivity contribution in [3.8, 4) is 39.2 Å². The van der Waals surface area contributed by atoms with Crippen molar-refractivity contribution < 1.29 is 4.42 Å². The average molecular weight is 588 g/mol. The lowest BCUT2D eigenvalue weighted by atomic mass is 9.84. The van der Waals surface area contributed by atoms with E-state index in [1.807, 2.05) is 17.4 Å². The van der Waals surface area contributed by atoms with Gasteiger partial charge in [-0.1, -0.05) is 44.2 Å². The maximum absolute atomic E-state index is 10.0. The van der Waals surface area contributed by atoms with Crippen LogP contribution < -0.4 is 5.32 Å². The minimum Gasteiger partial charge on any atom is -0.435 e. The van der Waals surface area contributed by atoms with Crippen molar-refractivity contribution in [3.05, 3.63) is 81.4 Å². The second-order valence-electron chi connectivity index (χ2n) is 12.0. The first kappa shape index (κ1) is 28.0. The highest BCUT2D eigenvalue weighted by Crippen LogP contribution is 2.43. The van der Waals surface area contributed by atoms with E-state index in [4.69, 9.17) is 14.4 Å². The molecule has 1 N–H and O–H groups in total. The third kappa shape index (κ3) is 5.18. The number of hydrogen-bond acceptors (Lipinski definition) is 7. The quantitative estimate of drug-likeness (QED) is 0.207. The molecule has 4 heterocycles. The SMILES string of the molecule is CCC(C)c1c(-c2nc3cc(CN4CCCC4)cc(C#N)c3o2)cccc1-c1cccc(-c2nc3c(s2)CNCC3)c1C. The van der Waals surface area contributed by atoms with E-state index in [1.54, 1.807) is 0 Å². The normalized spacial score (nSPS) is 16.0. The van der Waals surface area contributed by atoms with Gasteiger partial charge in [-0.15, -0.1) is 11.3 Å². The summed E-state index contributed by atoms with van der Waals surface area (Å²) in [4.78, 5) is 13.9. The summed E-state index contributed by atoms with van der Waals surface area (Å²) in [6, 6.07) is 19.5. The van der Waals surface area contributed by atoms with Gasteiger partial charge in [0.1, 0.15) is 16.6 Å². The molecular formula is C36H37N5OS. The first-order chi connectivity index (χ1) is 21.0. The van der Waals surface area contributed by atoms with Gasteiger partial charge in [-0.3, -0.25) is 4.90 Å². The number of rotatable bonds is 7. The number of oxazole rings is 1. The van der Waals surface area contributed by atoms with Crippen molar-refractivity contribution in [2.45, 2.75) is 65.5 Å². The molecule has 0 radical (unpaired) electrons. The number of likely N-dealkylation sites (tertiary alicyclic amines) is 1. The van der Waals surface area contributed by atoms with E-state index in [1.165, 1.54) is 51.2 Å². The van der Waals surface area contributed by atoms with Gasteiger partial charge in [-0.05, 0) is 91.2 Å².